The van der Waals surface area contributed by atoms with Gasteiger partial charge in [-0.2, -0.15) is 0 Å². The first-order valence-electron chi connectivity index (χ1n) is 7.26. The summed E-state index contributed by atoms with van der Waals surface area (Å²) in [6.45, 7) is 5.29. The Morgan fingerprint density at radius 3 is 2.67 bits per heavy atom. The summed E-state index contributed by atoms with van der Waals surface area (Å²) < 4.78 is 0. The lowest BCUT2D eigenvalue weighted by Gasteiger charge is -2.34. The average Bonchev–Trinajstić information content (AvgIpc) is 2.70. The Bertz CT molecular complexity index is 296. The molecule has 2 rings (SSSR count). The molecule has 0 spiro atoms. The maximum atomic E-state index is 11.1. The summed E-state index contributed by atoms with van der Waals surface area (Å²) in [6.07, 6.45) is 5.99. The van der Waals surface area contributed by atoms with Crippen molar-refractivity contribution in [3.05, 3.63) is 0 Å². The van der Waals surface area contributed by atoms with Crippen LogP contribution in [0, 0.1) is 5.92 Å². The molecule has 0 aromatic heterocycles. The van der Waals surface area contributed by atoms with Gasteiger partial charge in [-0.15, -0.1) is 0 Å². The number of hydrogen-bond donors (Lipinski definition) is 1. The molecule has 18 heavy (non-hydrogen) atoms. The highest BCUT2D eigenvalue weighted by Gasteiger charge is 2.35. The van der Waals surface area contributed by atoms with Gasteiger partial charge in [0.25, 0.3) is 0 Å². The quantitative estimate of drug-likeness (QED) is 0.828. The third-order valence-electron chi connectivity index (χ3n) is 4.87. The van der Waals surface area contributed by atoms with Crippen molar-refractivity contribution < 1.29 is 9.90 Å². The van der Waals surface area contributed by atoms with Gasteiger partial charge in [0.1, 0.15) is 0 Å². The van der Waals surface area contributed by atoms with Crippen molar-refractivity contribution in [1.29, 1.82) is 0 Å². The number of aliphatic carboxylic acids is 1. The number of hydrogen-bond acceptors (Lipinski definition) is 3. The van der Waals surface area contributed by atoms with E-state index in [1.165, 1.54) is 32.2 Å². The predicted octanol–water partition coefficient (Wildman–Crippen LogP) is 1.66. The fourth-order valence-electron chi connectivity index (χ4n) is 3.47. The van der Waals surface area contributed by atoms with E-state index in [1.54, 1.807) is 0 Å². The van der Waals surface area contributed by atoms with Crippen LogP contribution in [0.25, 0.3) is 0 Å². The molecule has 1 N–H and O–H groups in total. The highest BCUT2D eigenvalue weighted by molar-refractivity contribution is 5.71. The number of carbonyl (C=O) groups is 1. The van der Waals surface area contributed by atoms with Crippen LogP contribution in [0.5, 0.6) is 0 Å². The van der Waals surface area contributed by atoms with Gasteiger partial charge in [0.15, 0.2) is 0 Å². The Kier molecular flexibility index (Phi) is 4.62. The van der Waals surface area contributed by atoms with Crippen LogP contribution in [0.4, 0.5) is 0 Å². The van der Waals surface area contributed by atoms with Gasteiger partial charge in [0.2, 0.25) is 0 Å². The number of carboxylic acids is 1. The first-order chi connectivity index (χ1) is 8.59. The standard InChI is InChI=1S/C14H26N2O2/c1-11-13(14(17)18)7-10-16(11)9-6-12-5-3-4-8-15(12)2/h11-13H,3-10H2,1-2H3,(H,17,18). The highest BCUT2D eigenvalue weighted by atomic mass is 16.4. The predicted molar refractivity (Wildman–Crippen MR) is 71.7 cm³/mol. The van der Waals surface area contributed by atoms with E-state index in [0.29, 0.717) is 6.04 Å². The van der Waals surface area contributed by atoms with E-state index < -0.39 is 5.97 Å². The number of carboxylic acid groups (broad SMARTS) is 1. The molecule has 3 unspecified atom stereocenters. The fraction of sp³-hybridized carbons (Fsp3) is 0.929. The van der Waals surface area contributed by atoms with E-state index in [4.69, 9.17) is 5.11 Å². The monoisotopic (exact) mass is 254 g/mol. The maximum absolute atomic E-state index is 11.1. The van der Waals surface area contributed by atoms with Gasteiger partial charge in [0.05, 0.1) is 5.92 Å². The SMILES string of the molecule is CC1C(C(=O)O)CCN1CCC1CCCCN1C. The van der Waals surface area contributed by atoms with Crippen molar-refractivity contribution in [2.75, 3.05) is 26.7 Å². The van der Waals surface area contributed by atoms with Crippen molar-refractivity contribution in [2.24, 2.45) is 5.92 Å². The Morgan fingerprint density at radius 1 is 1.28 bits per heavy atom. The first kappa shape index (κ1) is 13.8. The molecule has 2 fully saturated rings. The Labute approximate surface area is 110 Å². The second-order valence-corrected chi connectivity index (χ2v) is 5.93. The normalized spacial score (nSPS) is 34.9. The summed E-state index contributed by atoms with van der Waals surface area (Å²) in [5, 5.41) is 9.13. The van der Waals surface area contributed by atoms with Crippen LogP contribution in [0.2, 0.25) is 0 Å². The zero-order chi connectivity index (χ0) is 13.1. The molecular weight excluding hydrogens is 228 g/mol. The molecule has 0 saturated carbocycles. The molecule has 0 bridgehead atoms. The minimum atomic E-state index is -0.625. The van der Waals surface area contributed by atoms with Crippen molar-refractivity contribution in [3.63, 3.8) is 0 Å². The number of likely N-dealkylation sites (tertiary alicyclic amines) is 2. The highest BCUT2D eigenvalue weighted by Crippen LogP contribution is 2.26. The third-order valence-corrected chi connectivity index (χ3v) is 4.87. The number of rotatable bonds is 4. The lowest BCUT2D eigenvalue weighted by Crippen LogP contribution is -2.40. The van der Waals surface area contributed by atoms with Crippen LogP contribution in [0.1, 0.15) is 39.0 Å². The second-order valence-electron chi connectivity index (χ2n) is 5.93. The summed E-state index contributed by atoms with van der Waals surface area (Å²) in [5.41, 5.74) is 0. The van der Waals surface area contributed by atoms with Gasteiger partial charge in [-0.25, -0.2) is 0 Å². The van der Waals surface area contributed by atoms with Gasteiger partial charge in [-0.3, -0.25) is 9.69 Å². The molecule has 2 aliphatic heterocycles. The van der Waals surface area contributed by atoms with Crippen LogP contribution in [-0.2, 0) is 4.79 Å². The summed E-state index contributed by atoms with van der Waals surface area (Å²) in [4.78, 5) is 15.9. The minimum absolute atomic E-state index is 0.158. The van der Waals surface area contributed by atoms with Crippen LogP contribution in [0.3, 0.4) is 0 Å². The zero-order valence-corrected chi connectivity index (χ0v) is 11.6. The van der Waals surface area contributed by atoms with E-state index in [2.05, 4.69) is 23.8 Å². The summed E-state index contributed by atoms with van der Waals surface area (Å²) in [6, 6.07) is 0.909. The van der Waals surface area contributed by atoms with Crippen LogP contribution in [-0.4, -0.2) is 59.6 Å². The number of piperidine rings is 1. The average molecular weight is 254 g/mol. The molecule has 4 heteroatoms. The first-order valence-corrected chi connectivity index (χ1v) is 7.26. The third kappa shape index (κ3) is 3.04. The molecule has 0 aromatic rings. The van der Waals surface area contributed by atoms with E-state index in [0.717, 1.165) is 19.5 Å². The summed E-state index contributed by atoms with van der Waals surface area (Å²) in [5.74, 6) is -0.783. The second kappa shape index (κ2) is 6.02. The van der Waals surface area contributed by atoms with Crippen LogP contribution >= 0.6 is 0 Å². The Balaban J connectivity index is 1.78. The number of nitrogens with zero attached hydrogens (tertiary/aromatic N) is 2. The molecule has 104 valence electrons. The van der Waals surface area contributed by atoms with E-state index in [1.807, 2.05) is 0 Å². The molecule has 2 aliphatic rings. The maximum Gasteiger partial charge on any atom is 0.308 e. The van der Waals surface area contributed by atoms with Crippen LogP contribution in [0.15, 0.2) is 0 Å². The van der Waals surface area contributed by atoms with Gasteiger partial charge < -0.3 is 10.0 Å². The molecule has 4 nitrogen and oxygen atoms in total. The lowest BCUT2D eigenvalue weighted by molar-refractivity contribution is -0.142. The molecule has 0 aliphatic carbocycles. The molecule has 0 aromatic carbocycles. The van der Waals surface area contributed by atoms with E-state index in [-0.39, 0.29) is 12.0 Å². The van der Waals surface area contributed by atoms with E-state index >= 15 is 0 Å². The smallest absolute Gasteiger partial charge is 0.308 e. The molecule has 3 atom stereocenters. The van der Waals surface area contributed by atoms with Crippen molar-refractivity contribution in [1.82, 2.24) is 9.80 Å². The summed E-state index contributed by atoms with van der Waals surface area (Å²) >= 11 is 0. The Hall–Kier alpha value is -0.610. The van der Waals surface area contributed by atoms with Crippen molar-refractivity contribution >= 4 is 5.97 Å². The molecular formula is C14H26N2O2. The van der Waals surface area contributed by atoms with Crippen molar-refractivity contribution in [2.45, 2.75) is 51.1 Å². The van der Waals surface area contributed by atoms with Crippen molar-refractivity contribution in [3.8, 4) is 0 Å². The molecule has 0 amide bonds. The molecule has 0 radical (unpaired) electrons. The largest absolute Gasteiger partial charge is 0.481 e. The topological polar surface area (TPSA) is 43.8 Å². The molecule has 2 heterocycles. The van der Waals surface area contributed by atoms with Gasteiger partial charge in [-0.1, -0.05) is 6.42 Å². The minimum Gasteiger partial charge on any atom is -0.481 e. The van der Waals surface area contributed by atoms with Gasteiger partial charge in [0, 0.05) is 12.1 Å². The Morgan fingerprint density at radius 2 is 2.06 bits per heavy atom. The fourth-order valence-corrected chi connectivity index (χ4v) is 3.47. The summed E-state index contributed by atoms with van der Waals surface area (Å²) in [7, 11) is 2.22. The molecule has 2 saturated heterocycles. The van der Waals surface area contributed by atoms with E-state index in [9.17, 15) is 4.79 Å². The van der Waals surface area contributed by atoms with Gasteiger partial charge in [-0.05, 0) is 59.3 Å². The van der Waals surface area contributed by atoms with Gasteiger partial charge >= 0.3 is 5.97 Å². The zero-order valence-electron chi connectivity index (χ0n) is 11.6. The van der Waals surface area contributed by atoms with Crippen LogP contribution < -0.4 is 0 Å². The lowest BCUT2D eigenvalue weighted by atomic mass is 9.99.